The van der Waals surface area contributed by atoms with Gasteiger partial charge in [-0.1, -0.05) is 28.1 Å². The molecule has 0 aliphatic carbocycles. The fourth-order valence-electron chi connectivity index (χ4n) is 1.87. The summed E-state index contributed by atoms with van der Waals surface area (Å²) in [6.07, 6.45) is 0. The number of benzene rings is 2. The molecule has 2 aromatic rings. The number of carbonyl (C=O) groups is 1. The average Bonchev–Trinajstić information content (AvgIpc) is 2.46. The maximum atomic E-state index is 12.0. The SMILES string of the molecule is Cc1cc([N+](=O)[O-])ccc1NCC(=O)c1ccc(Br)cc1. The third kappa shape index (κ3) is 3.88. The zero-order valence-corrected chi connectivity index (χ0v) is 12.9. The van der Waals surface area contributed by atoms with Crippen molar-refractivity contribution in [2.75, 3.05) is 11.9 Å². The molecule has 108 valence electrons. The van der Waals surface area contributed by atoms with E-state index in [0.29, 0.717) is 11.3 Å². The van der Waals surface area contributed by atoms with Crippen molar-refractivity contribution in [3.63, 3.8) is 0 Å². The third-order valence-electron chi connectivity index (χ3n) is 3.03. The molecule has 0 atom stereocenters. The third-order valence-corrected chi connectivity index (χ3v) is 3.56. The van der Waals surface area contributed by atoms with E-state index in [1.54, 1.807) is 25.1 Å². The van der Waals surface area contributed by atoms with Crippen molar-refractivity contribution in [2.45, 2.75) is 6.92 Å². The van der Waals surface area contributed by atoms with Crippen LogP contribution in [0, 0.1) is 17.0 Å². The number of nitro benzene ring substituents is 1. The molecule has 0 fully saturated rings. The molecular weight excluding hydrogens is 336 g/mol. The van der Waals surface area contributed by atoms with E-state index in [9.17, 15) is 14.9 Å². The fourth-order valence-corrected chi connectivity index (χ4v) is 2.14. The topological polar surface area (TPSA) is 72.2 Å². The molecule has 0 amide bonds. The summed E-state index contributed by atoms with van der Waals surface area (Å²) in [5, 5.41) is 13.7. The molecule has 0 aliphatic heterocycles. The van der Waals surface area contributed by atoms with Gasteiger partial charge in [-0.05, 0) is 30.7 Å². The maximum Gasteiger partial charge on any atom is 0.269 e. The van der Waals surface area contributed by atoms with E-state index in [0.717, 1.165) is 10.0 Å². The second-order valence-electron chi connectivity index (χ2n) is 4.54. The van der Waals surface area contributed by atoms with E-state index in [2.05, 4.69) is 21.2 Å². The first-order chi connectivity index (χ1) is 9.97. The summed E-state index contributed by atoms with van der Waals surface area (Å²) in [6.45, 7) is 1.90. The van der Waals surface area contributed by atoms with Gasteiger partial charge in [-0.25, -0.2) is 0 Å². The van der Waals surface area contributed by atoms with Gasteiger partial charge in [0, 0.05) is 27.9 Å². The first kappa shape index (κ1) is 15.2. The Bertz CT molecular complexity index is 684. The fraction of sp³-hybridized carbons (Fsp3) is 0.133. The second kappa shape index (κ2) is 6.49. The summed E-state index contributed by atoms with van der Waals surface area (Å²) in [7, 11) is 0. The average molecular weight is 349 g/mol. The number of ketones is 1. The lowest BCUT2D eigenvalue weighted by Gasteiger charge is -2.09. The number of nitrogens with one attached hydrogen (secondary N) is 1. The van der Waals surface area contributed by atoms with E-state index in [4.69, 9.17) is 0 Å². The molecule has 5 nitrogen and oxygen atoms in total. The molecule has 0 aliphatic rings. The normalized spacial score (nSPS) is 10.2. The van der Waals surface area contributed by atoms with E-state index in [-0.39, 0.29) is 18.0 Å². The monoisotopic (exact) mass is 348 g/mol. The summed E-state index contributed by atoms with van der Waals surface area (Å²) in [5.74, 6) is -0.0414. The van der Waals surface area contributed by atoms with Crippen LogP contribution in [0.1, 0.15) is 15.9 Å². The van der Waals surface area contributed by atoms with Crippen LogP contribution < -0.4 is 5.32 Å². The van der Waals surface area contributed by atoms with Gasteiger partial charge in [0.1, 0.15) is 0 Å². The predicted octanol–water partition coefficient (Wildman–Crippen LogP) is 3.96. The van der Waals surface area contributed by atoms with Crippen molar-refractivity contribution in [2.24, 2.45) is 0 Å². The Morgan fingerprint density at radius 1 is 1.24 bits per heavy atom. The van der Waals surface area contributed by atoms with Crippen molar-refractivity contribution in [3.05, 3.63) is 68.2 Å². The second-order valence-corrected chi connectivity index (χ2v) is 5.46. The Hall–Kier alpha value is -2.21. The van der Waals surface area contributed by atoms with Crippen molar-refractivity contribution >= 4 is 33.1 Å². The van der Waals surface area contributed by atoms with E-state index in [1.165, 1.54) is 12.1 Å². The van der Waals surface area contributed by atoms with Gasteiger partial charge in [-0.2, -0.15) is 0 Å². The Morgan fingerprint density at radius 3 is 2.48 bits per heavy atom. The van der Waals surface area contributed by atoms with Crippen LogP contribution in [0.4, 0.5) is 11.4 Å². The molecule has 0 aromatic heterocycles. The van der Waals surface area contributed by atoms with E-state index in [1.807, 2.05) is 12.1 Å². The Morgan fingerprint density at radius 2 is 1.90 bits per heavy atom. The first-order valence-electron chi connectivity index (χ1n) is 6.25. The number of anilines is 1. The van der Waals surface area contributed by atoms with Crippen LogP contribution in [0.3, 0.4) is 0 Å². The molecule has 0 spiro atoms. The van der Waals surface area contributed by atoms with Crippen LogP contribution in [0.5, 0.6) is 0 Å². The van der Waals surface area contributed by atoms with Gasteiger partial charge in [0.05, 0.1) is 11.5 Å². The van der Waals surface area contributed by atoms with Gasteiger partial charge in [0.25, 0.3) is 5.69 Å². The van der Waals surface area contributed by atoms with Crippen LogP contribution >= 0.6 is 15.9 Å². The van der Waals surface area contributed by atoms with Crippen LogP contribution in [-0.4, -0.2) is 17.3 Å². The van der Waals surface area contributed by atoms with Gasteiger partial charge < -0.3 is 5.32 Å². The molecule has 0 radical (unpaired) electrons. The molecule has 0 unspecified atom stereocenters. The zero-order chi connectivity index (χ0) is 15.4. The largest absolute Gasteiger partial charge is 0.377 e. The lowest BCUT2D eigenvalue weighted by atomic mass is 10.1. The highest BCUT2D eigenvalue weighted by Gasteiger charge is 2.10. The van der Waals surface area contributed by atoms with Crippen molar-refractivity contribution in [1.82, 2.24) is 0 Å². The number of non-ortho nitro benzene ring substituents is 1. The number of aryl methyl sites for hydroxylation is 1. The maximum absolute atomic E-state index is 12.0. The molecule has 0 bridgehead atoms. The smallest absolute Gasteiger partial charge is 0.269 e. The van der Waals surface area contributed by atoms with Gasteiger partial charge in [-0.15, -0.1) is 0 Å². The molecule has 21 heavy (non-hydrogen) atoms. The molecule has 1 N–H and O–H groups in total. The van der Waals surface area contributed by atoms with Gasteiger partial charge in [-0.3, -0.25) is 14.9 Å². The molecular formula is C15H13BrN2O3. The summed E-state index contributed by atoms with van der Waals surface area (Å²) in [5.41, 5.74) is 2.10. The number of hydrogen-bond acceptors (Lipinski definition) is 4. The summed E-state index contributed by atoms with van der Waals surface area (Å²) in [4.78, 5) is 22.3. The number of Topliss-reactive ketones (excluding diaryl/α,β-unsaturated/α-hetero) is 1. The summed E-state index contributed by atoms with van der Waals surface area (Å²) < 4.78 is 0.915. The number of rotatable bonds is 5. The standard InChI is InChI=1S/C15H13BrN2O3/c1-10-8-13(18(20)21)6-7-14(10)17-9-15(19)11-2-4-12(16)5-3-11/h2-8,17H,9H2,1H3. The zero-order valence-electron chi connectivity index (χ0n) is 11.3. The highest BCUT2D eigenvalue weighted by Crippen LogP contribution is 2.21. The van der Waals surface area contributed by atoms with Gasteiger partial charge >= 0.3 is 0 Å². The predicted molar refractivity (Wildman–Crippen MR) is 84.8 cm³/mol. The highest BCUT2D eigenvalue weighted by atomic mass is 79.9. The molecule has 2 aromatic carbocycles. The van der Waals surface area contributed by atoms with Gasteiger partial charge in [0.2, 0.25) is 0 Å². The molecule has 6 heteroatoms. The molecule has 0 saturated carbocycles. The minimum Gasteiger partial charge on any atom is -0.377 e. The van der Waals surface area contributed by atoms with Crippen LogP contribution in [0.25, 0.3) is 0 Å². The number of carbonyl (C=O) groups excluding carboxylic acids is 1. The van der Waals surface area contributed by atoms with Crippen LogP contribution in [0.15, 0.2) is 46.9 Å². The van der Waals surface area contributed by atoms with Crippen LogP contribution in [0.2, 0.25) is 0 Å². The van der Waals surface area contributed by atoms with E-state index >= 15 is 0 Å². The van der Waals surface area contributed by atoms with Crippen molar-refractivity contribution in [1.29, 1.82) is 0 Å². The molecule has 0 heterocycles. The molecule has 2 rings (SSSR count). The minimum absolute atomic E-state index is 0.0392. The summed E-state index contributed by atoms with van der Waals surface area (Å²) in [6, 6.07) is 11.6. The lowest BCUT2D eigenvalue weighted by Crippen LogP contribution is -2.14. The van der Waals surface area contributed by atoms with E-state index < -0.39 is 4.92 Å². The minimum atomic E-state index is -0.441. The first-order valence-corrected chi connectivity index (χ1v) is 7.04. The van der Waals surface area contributed by atoms with Crippen molar-refractivity contribution in [3.8, 4) is 0 Å². The summed E-state index contributed by atoms with van der Waals surface area (Å²) >= 11 is 3.32. The van der Waals surface area contributed by atoms with Crippen molar-refractivity contribution < 1.29 is 9.72 Å². The Balaban J connectivity index is 2.04. The molecule has 0 saturated heterocycles. The number of hydrogen-bond donors (Lipinski definition) is 1. The van der Waals surface area contributed by atoms with Crippen LogP contribution in [-0.2, 0) is 0 Å². The van der Waals surface area contributed by atoms with Gasteiger partial charge in [0.15, 0.2) is 5.78 Å². The Labute approximate surface area is 130 Å². The number of nitro groups is 1. The number of halogens is 1. The Kier molecular flexibility index (Phi) is 4.70. The highest BCUT2D eigenvalue weighted by molar-refractivity contribution is 9.10. The quantitative estimate of drug-likeness (QED) is 0.504. The number of nitrogens with zero attached hydrogens (tertiary/aromatic N) is 1. The lowest BCUT2D eigenvalue weighted by molar-refractivity contribution is -0.384.